The monoisotopic (exact) mass is 344 g/mol. The zero-order valence-electron chi connectivity index (χ0n) is 13.7. The molecule has 1 unspecified atom stereocenters. The van der Waals surface area contributed by atoms with Gasteiger partial charge in [0.2, 0.25) is 0 Å². The lowest BCUT2D eigenvalue weighted by atomic mass is 10.2. The lowest BCUT2D eigenvalue weighted by molar-refractivity contribution is 0.0526. The molecule has 1 rings (SSSR count). The second kappa shape index (κ2) is 7.51. The second-order valence-electron chi connectivity index (χ2n) is 6.16. The van der Waals surface area contributed by atoms with Crippen molar-refractivity contribution in [2.24, 2.45) is 5.14 Å². The quantitative estimate of drug-likeness (QED) is 0.624. The van der Waals surface area contributed by atoms with Crippen LogP contribution in [0.1, 0.15) is 27.7 Å². The fraction of sp³-hybridized carbons (Fsp3) is 0.500. The first-order valence-corrected chi connectivity index (χ1v) is 8.63. The Hall–Kier alpha value is -2.00. The maximum absolute atomic E-state index is 11.6. The summed E-state index contributed by atoms with van der Waals surface area (Å²) in [5.41, 5.74) is 0.496. The third-order valence-electron chi connectivity index (χ3n) is 2.49. The molecule has 0 bridgehead atoms. The van der Waals surface area contributed by atoms with Crippen molar-refractivity contribution in [1.29, 1.82) is 0 Å². The van der Waals surface area contributed by atoms with Crippen molar-refractivity contribution in [3.8, 4) is 0 Å². The van der Waals surface area contributed by atoms with Crippen molar-refractivity contribution in [2.75, 3.05) is 16.6 Å². The van der Waals surface area contributed by atoms with Gasteiger partial charge in [0, 0.05) is 18.3 Å². The van der Waals surface area contributed by atoms with Crippen LogP contribution in [0.2, 0.25) is 0 Å². The minimum absolute atomic E-state index is 0.0905. The Morgan fingerprint density at radius 1 is 1.30 bits per heavy atom. The molecule has 9 heteroatoms. The minimum atomic E-state index is -3.81. The van der Waals surface area contributed by atoms with Gasteiger partial charge in [0.1, 0.15) is 5.60 Å². The number of hydrogen-bond donors (Lipinski definition) is 4. The van der Waals surface area contributed by atoms with E-state index in [4.69, 9.17) is 9.88 Å². The number of carbonyl (C=O) groups is 1. The molecule has 1 amide bonds. The van der Waals surface area contributed by atoms with Gasteiger partial charge < -0.3 is 15.4 Å². The fourth-order valence-electron chi connectivity index (χ4n) is 1.72. The molecule has 0 radical (unpaired) electrons. The van der Waals surface area contributed by atoms with Crippen LogP contribution in [0.3, 0.4) is 0 Å². The Kier molecular flexibility index (Phi) is 6.22. The maximum atomic E-state index is 11.6. The van der Waals surface area contributed by atoms with E-state index in [-0.39, 0.29) is 6.04 Å². The van der Waals surface area contributed by atoms with Gasteiger partial charge in [0.25, 0.3) is 10.2 Å². The molecule has 8 nitrogen and oxygen atoms in total. The van der Waals surface area contributed by atoms with E-state index in [1.165, 1.54) is 0 Å². The normalized spacial score (nSPS) is 13.1. The number of alkyl carbamates (subject to hydrolysis) is 1. The van der Waals surface area contributed by atoms with E-state index < -0.39 is 21.9 Å². The van der Waals surface area contributed by atoms with Crippen molar-refractivity contribution >= 4 is 27.7 Å². The van der Waals surface area contributed by atoms with Crippen molar-refractivity contribution in [3.05, 3.63) is 24.3 Å². The Labute approximate surface area is 137 Å². The van der Waals surface area contributed by atoms with Crippen LogP contribution in [-0.4, -0.2) is 32.7 Å². The molecule has 0 aliphatic rings. The molecule has 0 aliphatic heterocycles. The highest BCUT2D eigenvalue weighted by molar-refractivity contribution is 7.90. The number of ether oxygens (including phenoxy) is 1. The Bertz CT molecular complexity index is 640. The Morgan fingerprint density at radius 3 is 2.48 bits per heavy atom. The number of hydrogen-bond acceptors (Lipinski definition) is 5. The molecule has 0 aliphatic carbocycles. The number of benzene rings is 1. The molecule has 0 saturated carbocycles. The first-order chi connectivity index (χ1) is 10.4. The van der Waals surface area contributed by atoms with Gasteiger partial charge in [0.05, 0.1) is 5.69 Å². The summed E-state index contributed by atoms with van der Waals surface area (Å²) in [4.78, 5) is 11.6. The summed E-state index contributed by atoms with van der Waals surface area (Å²) in [6.07, 6.45) is -0.490. The highest BCUT2D eigenvalue weighted by atomic mass is 32.2. The van der Waals surface area contributed by atoms with Crippen LogP contribution >= 0.6 is 0 Å². The van der Waals surface area contributed by atoms with Crippen LogP contribution < -0.4 is 20.5 Å². The standard InChI is InChI=1S/C14H24N4O4S/c1-10(9-16-13(19)22-14(2,3)4)17-11-6-5-7-12(8-11)18-23(15,20)21/h5-8,10,17-18H,9H2,1-4H3,(H,16,19)(H2,15,20,21). The van der Waals surface area contributed by atoms with E-state index in [0.29, 0.717) is 17.9 Å². The molecule has 0 aromatic heterocycles. The summed E-state index contributed by atoms with van der Waals surface area (Å²) in [5.74, 6) is 0. The van der Waals surface area contributed by atoms with Gasteiger partial charge in [0.15, 0.2) is 0 Å². The zero-order chi connectivity index (χ0) is 17.7. The molecular formula is C14H24N4O4S. The zero-order valence-corrected chi connectivity index (χ0v) is 14.5. The lowest BCUT2D eigenvalue weighted by Crippen LogP contribution is -2.38. The number of anilines is 2. The van der Waals surface area contributed by atoms with E-state index in [2.05, 4.69) is 15.4 Å². The van der Waals surface area contributed by atoms with Crippen LogP contribution in [-0.2, 0) is 14.9 Å². The van der Waals surface area contributed by atoms with Gasteiger partial charge in [-0.1, -0.05) is 6.07 Å². The van der Waals surface area contributed by atoms with E-state index in [1.807, 2.05) is 6.92 Å². The topological polar surface area (TPSA) is 123 Å². The number of rotatable bonds is 6. The first-order valence-electron chi connectivity index (χ1n) is 7.08. The number of carbonyl (C=O) groups excluding carboxylic acids is 1. The molecular weight excluding hydrogens is 320 g/mol. The molecule has 0 spiro atoms. The average Bonchev–Trinajstić information content (AvgIpc) is 2.32. The SMILES string of the molecule is CC(CNC(=O)OC(C)(C)C)Nc1cccc(NS(N)(=O)=O)c1. The van der Waals surface area contributed by atoms with Crippen molar-refractivity contribution in [1.82, 2.24) is 5.32 Å². The third-order valence-corrected chi connectivity index (χ3v) is 3.01. The maximum Gasteiger partial charge on any atom is 0.407 e. The molecule has 0 saturated heterocycles. The number of nitrogens with one attached hydrogen (secondary N) is 3. The van der Waals surface area contributed by atoms with E-state index in [0.717, 1.165) is 0 Å². The molecule has 1 aromatic carbocycles. The summed E-state index contributed by atoms with van der Waals surface area (Å²) in [6.45, 7) is 7.59. The van der Waals surface area contributed by atoms with E-state index in [9.17, 15) is 13.2 Å². The molecule has 130 valence electrons. The molecule has 1 aromatic rings. The van der Waals surface area contributed by atoms with Crippen LogP contribution in [0, 0.1) is 0 Å². The van der Waals surface area contributed by atoms with E-state index in [1.54, 1.807) is 45.0 Å². The van der Waals surface area contributed by atoms with Crippen molar-refractivity contribution in [2.45, 2.75) is 39.3 Å². The third kappa shape index (κ3) is 8.89. The predicted octanol–water partition coefficient (Wildman–Crippen LogP) is 1.63. The fourth-order valence-corrected chi connectivity index (χ4v) is 2.18. The molecule has 23 heavy (non-hydrogen) atoms. The van der Waals surface area contributed by atoms with E-state index >= 15 is 0 Å². The highest BCUT2D eigenvalue weighted by Gasteiger charge is 2.16. The average molecular weight is 344 g/mol. The van der Waals surface area contributed by atoms with Gasteiger partial charge in [-0.15, -0.1) is 0 Å². The van der Waals surface area contributed by atoms with Gasteiger partial charge in [-0.05, 0) is 45.9 Å². The first kappa shape index (κ1) is 19.0. The second-order valence-corrected chi connectivity index (χ2v) is 7.45. The summed E-state index contributed by atoms with van der Waals surface area (Å²) in [7, 11) is -3.81. The van der Waals surface area contributed by atoms with Gasteiger partial charge in [-0.2, -0.15) is 8.42 Å². The van der Waals surface area contributed by atoms with Crippen LogP contribution in [0.25, 0.3) is 0 Å². The van der Waals surface area contributed by atoms with Crippen molar-refractivity contribution < 1.29 is 17.9 Å². The highest BCUT2D eigenvalue weighted by Crippen LogP contribution is 2.16. The summed E-state index contributed by atoms with van der Waals surface area (Å²) in [6, 6.07) is 6.56. The molecule has 0 heterocycles. The van der Waals surface area contributed by atoms with Crippen LogP contribution in [0.4, 0.5) is 16.2 Å². The summed E-state index contributed by atoms with van der Waals surface area (Å²) in [5, 5.41) is 10.7. The van der Waals surface area contributed by atoms with Crippen molar-refractivity contribution in [3.63, 3.8) is 0 Å². The van der Waals surface area contributed by atoms with Gasteiger partial charge in [-0.25, -0.2) is 9.93 Å². The lowest BCUT2D eigenvalue weighted by Gasteiger charge is -2.21. The number of amides is 1. The predicted molar refractivity (Wildman–Crippen MR) is 90.5 cm³/mol. The van der Waals surface area contributed by atoms with Gasteiger partial charge >= 0.3 is 6.09 Å². The largest absolute Gasteiger partial charge is 0.444 e. The van der Waals surface area contributed by atoms with Crippen LogP contribution in [0.5, 0.6) is 0 Å². The Balaban J connectivity index is 2.53. The molecule has 5 N–H and O–H groups in total. The molecule has 0 fully saturated rings. The molecule has 1 atom stereocenters. The number of nitrogens with two attached hydrogens (primary N) is 1. The summed E-state index contributed by atoms with van der Waals surface area (Å²) >= 11 is 0. The minimum Gasteiger partial charge on any atom is -0.444 e. The summed E-state index contributed by atoms with van der Waals surface area (Å²) < 4.78 is 29.4. The smallest absolute Gasteiger partial charge is 0.407 e. The Morgan fingerprint density at radius 2 is 1.91 bits per heavy atom. The van der Waals surface area contributed by atoms with Crippen LogP contribution in [0.15, 0.2) is 24.3 Å². The van der Waals surface area contributed by atoms with Gasteiger partial charge in [-0.3, -0.25) is 4.72 Å².